The fourth-order valence-corrected chi connectivity index (χ4v) is 3.31. The van der Waals surface area contributed by atoms with Gasteiger partial charge >= 0.3 is 0 Å². The Bertz CT molecular complexity index is 721. The number of amides is 1. The summed E-state index contributed by atoms with van der Waals surface area (Å²) in [6.07, 6.45) is 3.48. The van der Waals surface area contributed by atoms with Crippen LogP contribution in [0.15, 0.2) is 30.5 Å². The highest BCUT2D eigenvalue weighted by molar-refractivity contribution is 5.94. The zero-order valence-electron chi connectivity index (χ0n) is 13.8. The maximum absolute atomic E-state index is 13.4. The Morgan fingerprint density at radius 2 is 2.08 bits per heavy atom. The van der Waals surface area contributed by atoms with E-state index in [9.17, 15) is 9.18 Å². The van der Waals surface area contributed by atoms with Gasteiger partial charge < -0.3 is 10.0 Å². The van der Waals surface area contributed by atoms with Gasteiger partial charge in [-0.3, -0.25) is 9.48 Å². The number of aliphatic hydroxyl groups excluding tert-OH is 1. The SMILES string of the molecule is Cc1cc(C(=O)N2CCC(c3ccnn3CCO)CC2)ccc1F. The number of hydrogen-bond acceptors (Lipinski definition) is 3. The highest BCUT2D eigenvalue weighted by Crippen LogP contribution is 2.28. The van der Waals surface area contributed by atoms with Crippen LogP contribution in [0.2, 0.25) is 0 Å². The highest BCUT2D eigenvalue weighted by atomic mass is 19.1. The molecular weight excluding hydrogens is 309 g/mol. The van der Waals surface area contributed by atoms with Crippen LogP contribution in [0.5, 0.6) is 0 Å². The van der Waals surface area contributed by atoms with Gasteiger partial charge in [0.15, 0.2) is 0 Å². The van der Waals surface area contributed by atoms with Crippen LogP contribution in [-0.4, -0.2) is 45.4 Å². The smallest absolute Gasteiger partial charge is 0.253 e. The zero-order chi connectivity index (χ0) is 17.1. The largest absolute Gasteiger partial charge is 0.394 e. The molecule has 3 rings (SSSR count). The number of aliphatic hydroxyl groups is 1. The average molecular weight is 331 g/mol. The van der Waals surface area contributed by atoms with Gasteiger partial charge in [0.1, 0.15) is 5.82 Å². The van der Waals surface area contributed by atoms with Crippen LogP contribution in [0.25, 0.3) is 0 Å². The van der Waals surface area contributed by atoms with Gasteiger partial charge in [0.2, 0.25) is 0 Å². The molecule has 1 amide bonds. The first-order chi connectivity index (χ1) is 11.6. The molecule has 1 aliphatic heterocycles. The first kappa shape index (κ1) is 16.6. The molecule has 1 saturated heterocycles. The van der Waals surface area contributed by atoms with E-state index in [0.717, 1.165) is 18.5 Å². The summed E-state index contributed by atoms with van der Waals surface area (Å²) in [6, 6.07) is 6.50. The van der Waals surface area contributed by atoms with Gasteiger partial charge in [0.05, 0.1) is 13.2 Å². The van der Waals surface area contributed by atoms with E-state index in [2.05, 4.69) is 5.10 Å². The maximum Gasteiger partial charge on any atom is 0.253 e. The van der Waals surface area contributed by atoms with Crippen molar-refractivity contribution in [3.63, 3.8) is 0 Å². The Labute approximate surface area is 140 Å². The minimum absolute atomic E-state index is 0.0413. The number of aromatic nitrogens is 2. The summed E-state index contributed by atoms with van der Waals surface area (Å²) in [7, 11) is 0. The lowest BCUT2D eigenvalue weighted by Gasteiger charge is -2.32. The zero-order valence-corrected chi connectivity index (χ0v) is 13.8. The molecular formula is C18H22FN3O2. The van der Waals surface area contributed by atoms with Crippen LogP contribution in [0.4, 0.5) is 4.39 Å². The summed E-state index contributed by atoms with van der Waals surface area (Å²) in [5, 5.41) is 13.3. The summed E-state index contributed by atoms with van der Waals surface area (Å²) in [5.74, 6) is 0.0147. The number of carbonyl (C=O) groups excluding carboxylic acids is 1. The van der Waals surface area contributed by atoms with Crippen molar-refractivity contribution in [1.29, 1.82) is 0 Å². The summed E-state index contributed by atoms with van der Waals surface area (Å²) in [4.78, 5) is 14.4. The van der Waals surface area contributed by atoms with Crippen molar-refractivity contribution in [3.8, 4) is 0 Å². The van der Waals surface area contributed by atoms with Crippen molar-refractivity contribution in [1.82, 2.24) is 14.7 Å². The third-order valence-electron chi connectivity index (χ3n) is 4.67. The van der Waals surface area contributed by atoms with Crippen molar-refractivity contribution in [3.05, 3.63) is 53.1 Å². The fraction of sp³-hybridized carbons (Fsp3) is 0.444. The van der Waals surface area contributed by atoms with E-state index in [-0.39, 0.29) is 18.3 Å². The fourth-order valence-electron chi connectivity index (χ4n) is 3.31. The third-order valence-corrected chi connectivity index (χ3v) is 4.67. The summed E-state index contributed by atoms with van der Waals surface area (Å²) in [5.41, 5.74) is 2.15. The number of rotatable bonds is 4. The molecule has 128 valence electrons. The molecule has 6 heteroatoms. The number of benzene rings is 1. The first-order valence-electron chi connectivity index (χ1n) is 8.28. The lowest BCUT2D eigenvalue weighted by atomic mass is 9.93. The van der Waals surface area contributed by atoms with Crippen LogP contribution in [0, 0.1) is 12.7 Å². The van der Waals surface area contributed by atoms with Crippen LogP contribution in [0.3, 0.4) is 0 Å². The van der Waals surface area contributed by atoms with Crippen molar-refractivity contribution in [2.24, 2.45) is 0 Å². The van der Waals surface area contributed by atoms with E-state index in [0.29, 0.717) is 36.7 Å². The number of carbonyl (C=O) groups is 1. The Morgan fingerprint density at radius 1 is 1.33 bits per heavy atom. The van der Waals surface area contributed by atoms with Crippen molar-refractivity contribution < 1.29 is 14.3 Å². The van der Waals surface area contributed by atoms with E-state index in [4.69, 9.17) is 5.11 Å². The van der Waals surface area contributed by atoms with Crippen molar-refractivity contribution in [2.75, 3.05) is 19.7 Å². The number of nitrogens with zero attached hydrogens (tertiary/aromatic N) is 3. The van der Waals surface area contributed by atoms with Crippen LogP contribution in [0.1, 0.15) is 40.4 Å². The monoisotopic (exact) mass is 331 g/mol. The molecule has 0 bridgehead atoms. The van der Waals surface area contributed by atoms with E-state index in [1.54, 1.807) is 25.3 Å². The van der Waals surface area contributed by atoms with E-state index in [1.807, 2.05) is 15.6 Å². The highest BCUT2D eigenvalue weighted by Gasteiger charge is 2.26. The lowest BCUT2D eigenvalue weighted by molar-refractivity contribution is 0.0711. The van der Waals surface area contributed by atoms with E-state index in [1.165, 1.54) is 6.07 Å². The van der Waals surface area contributed by atoms with Gasteiger partial charge in [0.25, 0.3) is 5.91 Å². The summed E-state index contributed by atoms with van der Waals surface area (Å²) < 4.78 is 15.2. The predicted molar refractivity (Wildman–Crippen MR) is 88.3 cm³/mol. The van der Waals surface area contributed by atoms with Gasteiger partial charge in [0, 0.05) is 36.5 Å². The molecule has 0 spiro atoms. The molecule has 1 fully saturated rings. The molecule has 24 heavy (non-hydrogen) atoms. The molecule has 0 aliphatic carbocycles. The summed E-state index contributed by atoms with van der Waals surface area (Å²) >= 11 is 0. The number of halogens is 1. The van der Waals surface area contributed by atoms with Crippen molar-refractivity contribution in [2.45, 2.75) is 32.2 Å². The van der Waals surface area contributed by atoms with E-state index < -0.39 is 0 Å². The molecule has 1 aromatic heterocycles. The molecule has 1 aromatic carbocycles. The standard InChI is InChI=1S/C18H22FN3O2/c1-13-12-15(2-3-16(13)19)18(24)21-8-5-14(6-9-21)17-4-7-20-22(17)10-11-23/h2-4,7,12,14,23H,5-6,8-11H2,1H3. The summed E-state index contributed by atoms with van der Waals surface area (Å²) in [6.45, 7) is 3.57. The van der Waals surface area contributed by atoms with E-state index >= 15 is 0 Å². The van der Waals surface area contributed by atoms with Crippen LogP contribution in [-0.2, 0) is 6.54 Å². The minimum Gasteiger partial charge on any atom is -0.394 e. The molecule has 1 N–H and O–H groups in total. The molecule has 1 aliphatic rings. The second kappa shape index (κ2) is 7.13. The van der Waals surface area contributed by atoms with Gasteiger partial charge in [-0.1, -0.05) is 0 Å². The number of aryl methyl sites for hydroxylation is 1. The Hall–Kier alpha value is -2.21. The van der Waals surface area contributed by atoms with Crippen LogP contribution >= 0.6 is 0 Å². The van der Waals surface area contributed by atoms with Crippen LogP contribution < -0.4 is 0 Å². The second-order valence-corrected chi connectivity index (χ2v) is 6.23. The molecule has 0 unspecified atom stereocenters. The van der Waals surface area contributed by atoms with Gasteiger partial charge in [-0.25, -0.2) is 4.39 Å². The topological polar surface area (TPSA) is 58.4 Å². The molecule has 2 heterocycles. The normalized spacial score (nSPS) is 15.7. The Balaban J connectivity index is 1.65. The average Bonchev–Trinajstić information content (AvgIpc) is 3.05. The lowest BCUT2D eigenvalue weighted by Crippen LogP contribution is -2.38. The molecule has 0 saturated carbocycles. The first-order valence-corrected chi connectivity index (χ1v) is 8.28. The van der Waals surface area contributed by atoms with Gasteiger partial charge in [-0.05, 0) is 49.6 Å². The third kappa shape index (κ3) is 3.33. The van der Waals surface area contributed by atoms with Gasteiger partial charge in [-0.2, -0.15) is 5.10 Å². The molecule has 0 radical (unpaired) electrons. The second-order valence-electron chi connectivity index (χ2n) is 6.23. The Morgan fingerprint density at radius 3 is 2.75 bits per heavy atom. The predicted octanol–water partition coefficient (Wildman–Crippen LogP) is 2.34. The van der Waals surface area contributed by atoms with Gasteiger partial charge in [-0.15, -0.1) is 0 Å². The maximum atomic E-state index is 13.4. The number of hydrogen-bond donors (Lipinski definition) is 1. The Kier molecular flexibility index (Phi) is 4.94. The molecule has 0 atom stereocenters. The van der Waals surface area contributed by atoms with Crippen molar-refractivity contribution >= 4 is 5.91 Å². The minimum atomic E-state index is -0.289. The number of piperidine rings is 1. The quantitative estimate of drug-likeness (QED) is 0.935. The molecule has 5 nitrogen and oxygen atoms in total. The number of likely N-dealkylation sites (tertiary alicyclic amines) is 1. The molecule has 2 aromatic rings.